The summed E-state index contributed by atoms with van der Waals surface area (Å²) in [5, 5.41) is 3.78. The molecule has 1 aromatic heterocycles. The fourth-order valence-corrected chi connectivity index (χ4v) is 2.47. The maximum atomic E-state index is 5.72. The Bertz CT molecular complexity index is 484. The van der Waals surface area contributed by atoms with E-state index in [-0.39, 0.29) is 0 Å². The van der Waals surface area contributed by atoms with Crippen LogP contribution in [0.25, 0.3) is 0 Å². The number of benzene rings is 1. The van der Waals surface area contributed by atoms with E-state index in [1.54, 1.807) is 6.07 Å². The van der Waals surface area contributed by atoms with Gasteiger partial charge in [-0.1, -0.05) is 19.1 Å². The van der Waals surface area contributed by atoms with Crippen LogP contribution in [0.2, 0.25) is 5.22 Å². The summed E-state index contributed by atoms with van der Waals surface area (Å²) in [4.78, 5) is 1.26. The Morgan fingerprint density at radius 1 is 1.24 bits per heavy atom. The number of hydrogen-bond acceptors (Lipinski definition) is 3. The molecule has 2 aromatic rings. The molecule has 1 N–H and O–H groups in total. The summed E-state index contributed by atoms with van der Waals surface area (Å²) in [6.07, 6.45) is 0. The number of para-hydroxylation sites is 1. The second kappa shape index (κ2) is 6.03. The molecule has 4 heteroatoms. The van der Waals surface area contributed by atoms with Crippen LogP contribution in [0.3, 0.4) is 0 Å². The van der Waals surface area contributed by atoms with Gasteiger partial charge in [0.25, 0.3) is 0 Å². The third-order valence-corrected chi connectivity index (χ3v) is 3.43. The molecule has 90 valence electrons. The summed E-state index contributed by atoms with van der Waals surface area (Å²) in [5.74, 6) is 1.90. The zero-order valence-corrected chi connectivity index (χ0v) is 11.1. The van der Waals surface area contributed by atoms with E-state index < -0.39 is 0 Å². The highest BCUT2D eigenvalue weighted by Gasteiger charge is 2.03. The highest BCUT2D eigenvalue weighted by Crippen LogP contribution is 2.27. The number of thioether (sulfide) groups is 1. The van der Waals surface area contributed by atoms with Crippen molar-refractivity contribution < 1.29 is 4.42 Å². The lowest BCUT2D eigenvalue weighted by molar-refractivity contribution is 0.520. The SMILES string of the molecule is CCSc1ccccc1NCc1ccc(Cl)o1. The van der Waals surface area contributed by atoms with Crippen molar-refractivity contribution in [3.05, 3.63) is 47.4 Å². The molecule has 0 atom stereocenters. The molecule has 0 spiro atoms. The lowest BCUT2D eigenvalue weighted by atomic mass is 10.3. The van der Waals surface area contributed by atoms with Gasteiger partial charge in [0, 0.05) is 10.6 Å². The fraction of sp³-hybridized carbons (Fsp3) is 0.231. The summed E-state index contributed by atoms with van der Waals surface area (Å²) in [5.41, 5.74) is 1.13. The highest BCUT2D eigenvalue weighted by molar-refractivity contribution is 7.99. The Kier molecular flexibility index (Phi) is 4.40. The summed E-state index contributed by atoms with van der Waals surface area (Å²) < 4.78 is 5.30. The molecule has 0 unspecified atom stereocenters. The van der Waals surface area contributed by atoms with E-state index >= 15 is 0 Å². The topological polar surface area (TPSA) is 25.2 Å². The third-order valence-electron chi connectivity index (χ3n) is 2.27. The summed E-state index contributed by atoms with van der Waals surface area (Å²) >= 11 is 7.55. The second-order valence-corrected chi connectivity index (χ2v) is 5.17. The summed E-state index contributed by atoms with van der Waals surface area (Å²) in [6, 6.07) is 11.9. The summed E-state index contributed by atoms with van der Waals surface area (Å²) in [6.45, 7) is 2.79. The van der Waals surface area contributed by atoms with Crippen molar-refractivity contribution in [3.8, 4) is 0 Å². The normalized spacial score (nSPS) is 10.5. The number of nitrogens with one attached hydrogen (secondary N) is 1. The van der Waals surface area contributed by atoms with Gasteiger partial charge in [0.2, 0.25) is 0 Å². The third kappa shape index (κ3) is 3.45. The molecule has 2 nitrogen and oxygen atoms in total. The van der Waals surface area contributed by atoms with Crippen LogP contribution < -0.4 is 5.32 Å². The molecule has 17 heavy (non-hydrogen) atoms. The van der Waals surface area contributed by atoms with Gasteiger partial charge >= 0.3 is 0 Å². The first kappa shape index (κ1) is 12.4. The maximum Gasteiger partial charge on any atom is 0.193 e. The smallest absolute Gasteiger partial charge is 0.193 e. The van der Waals surface area contributed by atoms with Crippen molar-refractivity contribution in [3.63, 3.8) is 0 Å². The Labute approximate surface area is 110 Å². The van der Waals surface area contributed by atoms with Gasteiger partial charge in [-0.05, 0) is 41.6 Å². The number of halogens is 1. The first-order valence-electron chi connectivity index (χ1n) is 5.49. The molecule has 0 fully saturated rings. The minimum absolute atomic E-state index is 0.429. The number of furan rings is 1. The molecule has 1 heterocycles. The van der Waals surface area contributed by atoms with Crippen LogP contribution in [-0.4, -0.2) is 5.75 Å². The van der Waals surface area contributed by atoms with Crippen LogP contribution in [-0.2, 0) is 6.54 Å². The Balaban J connectivity index is 2.03. The molecule has 0 aliphatic heterocycles. The first-order valence-corrected chi connectivity index (χ1v) is 6.86. The van der Waals surface area contributed by atoms with E-state index in [0.717, 1.165) is 17.2 Å². The van der Waals surface area contributed by atoms with Crippen LogP contribution in [0.1, 0.15) is 12.7 Å². The maximum absolute atomic E-state index is 5.72. The standard InChI is InChI=1S/C13H14ClNOS/c1-2-17-12-6-4-3-5-11(12)15-9-10-7-8-13(14)16-10/h3-8,15H,2,9H2,1H3. The lowest BCUT2D eigenvalue weighted by Gasteiger charge is -2.09. The Hall–Kier alpha value is -1.06. The zero-order valence-electron chi connectivity index (χ0n) is 9.57. The van der Waals surface area contributed by atoms with Crippen LogP contribution in [0.5, 0.6) is 0 Å². The Morgan fingerprint density at radius 2 is 2.06 bits per heavy atom. The minimum Gasteiger partial charge on any atom is -0.448 e. The van der Waals surface area contributed by atoms with Gasteiger partial charge in [0.05, 0.1) is 6.54 Å². The number of anilines is 1. The van der Waals surface area contributed by atoms with Crippen LogP contribution in [0.15, 0.2) is 45.7 Å². The molecule has 0 amide bonds. The average molecular weight is 268 g/mol. The van der Waals surface area contributed by atoms with Crippen molar-refractivity contribution in [1.29, 1.82) is 0 Å². The molecule has 2 rings (SSSR count). The lowest BCUT2D eigenvalue weighted by Crippen LogP contribution is -1.99. The second-order valence-electron chi connectivity index (χ2n) is 3.49. The predicted molar refractivity (Wildman–Crippen MR) is 73.9 cm³/mol. The molecular weight excluding hydrogens is 254 g/mol. The molecule has 1 aromatic carbocycles. The number of hydrogen-bond donors (Lipinski definition) is 1. The molecule has 0 aliphatic carbocycles. The van der Waals surface area contributed by atoms with Crippen molar-refractivity contribution in [1.82, 2.24) is 0 Å². The van der Waals surface area contributed by atoms with Gasteiger partial charge < -0.3 is 9.73 Å². The van der Waals surface area contributed by atoms with Gasteiger partial charge in [-0.25, -0.2) is 0 Å². The van der Waals surface area contributed by atoms with Crippen molar-refractivity contribution >= 4 is 29.1 Å². The largest absolute Gasteiger partial charge is 0.448 e. The van der Waals surface area contributed by atoms with E-state index in [2.05, 4.69) is 24.4 Å². The molecular formula is C13H14ClNOS. The molecule has 0 bridgehead atoms. The molecule has 0 saturated heterocycles. The molecule has 0 saturated carbocycles. The molecule has 0 radical (unpaired) electrons. The first-order chi connectivity index (χ1) is 8.29. The quantitative estimate of drug-likeness (QED) is 0.798. The average Bonchev–Trinajstić information content (AvgIpc) is 2.74. The fourth-order valence-electron chi connectivity index (χ4n) is 1.52. The van der Waals surface area contributed by atoms with Gasteiger partial charge in [0.15, 0.2) is 5.22 Å². The summed E-state index contributed by atoms with van der Waals surface area (Å²) in [7, 11) is 0. The zero-order chi connectivity index (χ0) is 12.1. The minimum atomic E-state index is 0.429. The highest BCUT2D eigenvalue weighted by atomic mass is 35.5. The van der Waals surface area contributed by atoms with E-state index in [1.807, 2.05) is 30.0 Å². The monoisotopic (exact) mass is 267 g/mol. The van der Waals surface area contributed by atoms with E-state index in [0.29, 0.717) is 11.8 Å². The van der Waals surface area contributed by atoms with Gasteiger partial charge in [0.1, 0.15) is 5.76 Å². The van der Waals surface area contributed by atoms with Crippen molar-refractivity contribution in [2.45, 2.75) is 18.4 Å². The van der Waals surface area contributed by atoms with Crippen LogP contribution in [0, 0.1) is 0 Å². The van der Waals surface area contributed by atoms with Crippen molar-refractivity contribution in [2.75, 3.05) is 11.1 Å². The van der Waals surface area contributed by atoms with Crippen LogP contribution >= 0.6 is 23.4 Å². The van der Waals surface area contributed by atoms with Crippen LogP contribution in [0.4, 0.5) is 5.69 Å². The van der Waals surface area contributed by atoms with E-state index in [4.69, 9.17) is 16.0 Å². The van der Waals surface area contributed by atoms with Gasteiger partial charge in [-0.15, -0.1) is 11.8 Å². The van der Waals surface area contributed by atoms with Gasteiger partial charge in [-0.2, -0.15) is 0 Å². The Morgan fingerprint density at radius 3 is 2.76 bits per heavy atom. The van der Waals surface area contributed by atoms with E-state index in [1.165, 1.54) is 4.90 Å². The predicted octanol–water partition coefficient (Wildman–Crippen LogP) is 4.66. The van der Waals surface area contributed by atoms with E-state index in [9.17, 15) is 0 Å². The number of rotatable bonds is 5. The van der Waals surface area contributed by atoms with Gasteiger partial charge in [-0.3, -0.25) is 0 Å². The van der Waals surface area contributed by atoms with Crippen molar-refractivity contribution in [2.24, 2.45) is 0 Å². The molecule has 0 aliphatic rings.